The molecule has 1 aromatic carbocycles. The van der Waals surface area contributed by atoms with Crippen LogP contribution in [0.5, 0.6) is 0 Å². The van der Waals surface area contributed by atoms with Crippen LogP contribution in [-0.4, -0.2) is 59.0 Å². The predicted molar refractivity (Wildman–Crippen MR) is 154 cm³/mol. The van der Waals surface area contributed by atoms with Crippen molar-refractivity contribution in [2.24, 2.45) is 0 Å². The van der Waals surface area contributed by atoms with Gasteiger partial charge in [-0.2, -0.15) is 11.8 Å². The number of nitrogens with zero attached hydrogens (tertiary/aromatic N) is 1. The van der Waals surface area contributed by atoms with E-state index in [9.17, 15) is 14.4 Å². The van der Waals surface area contributed by atoms with E-state index in [1.54, 1.807) is 37.4 Å². The van der Waals surface area contributed by atoms with E-state index >= 15 is 0 Å². The maximum Gasteiger partial charge on any atom is 0.408 e. The van der Waals surface area contributed by atoms with Crippen molar-refractivity contribution in [1.82, 2.24) is 15.5 Å². The van der Waals surface area contributed by atoms with Gasteiger partial charge in [-0.25, -0.2) is 4.79 Å². The first-order valence-corrected chi connectivity index (χ1v) is 15.0. The summed E-state index contributed by atoms with van der Waals surface area (Å²) in [5.41, 5.74) is 1.24. The SMILES string of the molecule is CCCCCNC(=O)C(c1ccc(CC)cc1)N(C(=O)C(CCSC)NC(=O)OC(C)(C)C)C(C)CC. The lowest BCUT2D eigenvalue weighted by atomic mass is 9.98. The highest BCUT2D eigenvalue weighted by atomic mass is 32.2. The van der Waals surface area contributed by atoms with E-state index in [0.29, 0.717) is 25.1 Å². The molecule has 7 nitrogen and oxygen atoms in total. The largest absolute Gasteiger partial charge is 0.444 e. The maximum atomic E-state index is 14.1. The lowest BCUT2D eigenvalue weighted by Crippen LogP contribution is -2.55. The Morgan fingerprint density at radius 2 is 1.70 bits per heavy atom. The fourth-order valence-corrected chi connectivity index (χ4v) is 4.45. The van der Waals surface area contributed by atoms with Crippen LogP contribution < -0.4 is 10.6 Å². The van der Waals surface area contributed by atoms with Gasteiger partial charge in [0.05, 0.1) is 0 Å². The smallest absolute Gasteiger partial charge is 0.408 e. The van der Waals surface area contributed by atoms with Crippen LogP contribution in [0, 0.1) is 0 Å². The van der Waals surface area contributed by atoms with E-state index in [-0.39, 0.29) is 17.9 Å². The first-order valence-electron chi connectivity index (χ1n) is 13.7. The number of alkyl carbamates (subject to hydrolysis) is 1. The molecule has 1 aromatic rings. The van der Waals surface area contributed by atoms with Crippen LogP contribution in [0.2, 0.25) is 0 Å². The van der Waals surface area contributed by atoms with Gasteiger partial charge in [-0.1, -0.05) is 57.9 Å². The molecule has 2 N–H and O–H groups in total. The fraction of sp³-hybridized carbons (Fsp3) is 0.690. The highest BCUT2D eigenvalue weighted by Gasteiger charge is 2.38. The number of rotatable bonds is 15. The van der Waals surface area contributed by atoms with Crippen LogP contribution in [0.1, 0.15) is 97.7 Å². The molecular weight excluding hydrogens is 486 g/mol. The summed E-state index contributed by atoms with van der Waals surface area (Å²) in [5.74, 6) is 0.206. The molecule has 37 heavy (non-hydrogen) atoms. The van der Waals surface area contributed by atoms with Crippen molar-refractivity contribution in [2.75, 3.05) is 18.6 Å². The van der Waals surface area contributed by atoms with Crippen molar-refractivity contribution >= 4 is 29.7 Å². The molecule has 0 radical (unpaired) electrons. The zero-order valence-corrected chi connectivity index (χ0v) is 25.0. The van der Waals surface area contributed by atoms with E-state index in [1.807, 2.05) is 44.4 Å². The molecule has 0 heterocycles. The second-order valence-corrected chi connectivity index (χ2v) is 11.5. The van der Waals surface area contributed by atoms with Gasteiger partial charge in [0.1, 0.15) is 17.7 Å². The van der Waals surface area contributed by atoms with Crippen LogP contribution >= 0.6 is 11.8 Å². The molecule has 0 saturated heterocycles. The van der Waals surface area contributed by atoms with Gasteiger partial charge in [0.2, 0.25) is 11.8 Å². The monoisotopic (exact) mass is 535 g/mol. The van der Waals surface area contributed by atoms with E-state index in [1.165, 1.54) is 0 Å². The number of amides is 3. The van der Waals surface area contributed by atoms with Gasteiger partial charge >= 0.3 is 6.09 Å². The second kappa shape index (κ2) is 16.6. The van der Waals surface area contributed by atoms with Crippen molar-refractivity contribution in [1.29, 1.82) is 0 Å². The number of carbonyl (C=O) groups excluding carboxylic acids is 3. The van der Waals surface area contributed by atoms with E-state index < -0.39 is 23.8 Å². The number of thioether (sulfide) groups is 1. The molecule has 3 unspecified atom stereocenters. The summed E-state index contributed by atoms with van der Waals surface area (Å²) in [4.78, 5) is 42.1. The molecule has 1 rings (SSSR count). The van der Waals surface area contributed by atoms with Gasteiger partial charge < -0.3 is 20.3 Å². The number of hydrogen-bond acceptors (Lipinski definition) is 5. The zero-order valence-electron chi connectivity index (χ0n) is 24.2. The fourth-order valence-electron chi connectivity index (χ4n) is 3.98. The average Bonchev–Trinajstić information content (AvgIpc) is 2.85. The van der Waals surface area contributed by atoms with Crippen LogP contribution in [0.15, 0.2) is 24.3 Å². The van der Waals surface area contributed by atoms with Gasteiger partial charge in [0.15, 0.2) is 0 Å². The summed E-state index contributed by atoms with van der Waals surface area (Å²) >= 11 is 1.60. The molecule has 210 valence electrons. The zero-order chi connectivity index (χ0) is 28.0. The van der Waals surface area contributed by atoms with Crippen LogP contribution in [0.3, 0.4) is 0 Å². The Morgan fingerprint density at radius 1 is 1.05 bits per heavy atom. The molecule has 0 bridgehead atoms. The normalized spacial score (nSPS) is 13.8. The summed E-state index contributed by atoms with van der Waals surface area (Å²) in [6, 6.07) is 6.08. The van der Waals surface area contributed by atoms with Crippen LogP contribution in [0.25, 0.3) is 0 Å². The second-order valence-electron chi connectivity index (χ2n) is 10.5. The molecule has 0 aromatic heterocycles. The Hall–Kier alpha value is -2.22. The van der Waals surface area contributed by atoms with Crippen molar-refractivity contribution in [3.8, 4) is 0 Å². The molecule has 8 heteroatoms. The summed E-state index contributed by atoms with van der Waals surface area (Å²) in [5, 5.41) is 5.86. The minimum atomic E-state index is -0.804. The lowest BCUT2D eigenvalue weighted by Gasteiger charge is -2.38. The van der Waals surface area contributed by atoms with Crippen molar-refractivity contribution in [2.45, 2.75) is 111 Å². The minimum absolute atomic E-state index is 0.199. The Morgan fingerprint density at radius 3 is 2.22 bits per heavy atom. The Bertz CT molecular complexity index is 839. The summed E-state index contributed by atoms with van der Waals surface area (Å²) in [7, 11) is 0. The third kappa shape index (κ3) is 11.4. The third-order valence-corrected chi connectivity index (χ3v) is 6.87. The number of unbranched alkanes of at least 4 members (excludes halogenated alkanes) is 2. The lowest BCUT2D eigenvalue weighted by molar-refractivity contribution is -0.145. The van der Waals surface area contributed by atoms with Gasteiger partial charge in [0, 0.05) is 12.6 Å². The van der Waals surface area contributed by atoms with Gasteiger partial charge in [0.25, 0.3) is 0 Å². The number of ether oxygens (including phenoxy) is 1. The number of hydrogen-bond donors (Lipinski definition) is 2. The minimum Gasteiger partial charge on any atom is -0.444 e. The Balaban J connectivity index is 3.43. The molecule has 0 aliphatic carbocycles. The highest BCUT2D eigenvalue weighted by Crippen LogP contribution is 2.27. The standard InChI is InChI=1S/C29H49N3O4S/c1-9-12-13-19-30-26(33)25(23-16-14-22(11-3)15-17-23)32(21(4)10-2)27(34)24(18-20-37-8)31-28(35)36-29(5,6)7/h14-17,21,24-25H,9-13,18-20H2,1-8H3,(H,30,33)(H,31,35). The third-order valence-electron chi connectivity index (χ3n) is 6.23. The Kier molecular flexibility index (Phi) is 14.7. The summed E-state index contributed by atoms with van der Waals surface area (Å²) in [6.45, 7) is 14.1. The summed E-state index contributed by atoms with van der Waals surface area (Å²) in [6.07, 6.45) is 6.29. The van der Waals surface area contributed by atoms with Gasteiger partial charge in [-0.15, -0.1) is 0 Å². The number of benzene rings is 1. The number of carbonyl (C=O) groups is 3. The molecule has 0 saturated carbocycles. The molecule has 3 amide bonds. The van der Waals surface area contributed by atoms with Crippen LogP contribution in [0.4, 0.5) is 4.79 Å². The van der Waals surface area contributed by atoms with E-state index in [0.717, 1.165) is 36.8 Å². The molecule has 0 aliphatic rings. The van der Waals surface area contributed by atoms with Gasteiger partial charge in [-0.3, -0.25) is 9.59 Å². The van der Waals surface area contributed by atoms with Crippen LogP contribution in [-0.2, 0) is 20.7 Å². The van der Waals surface area contributed by atoms with Crippen molar-refractivity contribution < 1.29 is 19.1 Å². The first kappa shape index (κ1) is 32.8. The van der Waals surface area contributed by atoms with E-state index in [2.05, 4.69) is 24.5 Å². The molecule has 0 spiro atoms. The summed E-state index contributed by atoms with van der Waals surface area (Å²) < 4.78 is 5.45. The number of nitrogens with one attached hydrogen (secondary N) is 2. The number of aryl methyl sites for hydroxylation is 1. The molecular formula is C29H49N3O4S. The topological polar surface area (TPSA) is 87.7 Å². The molecule has 0 aliphatic heterocycles. The Labute approximate surface area is 228 Å². The highest BCUT2D eigenvalue weighted by molar-refractivity contribution is 7.98. The average molecular weight is 536 g/mol. The quantitative estimate of drug-likeness (QED) is 0.274. The van der Waals surface area contributed by atoms with Crippen molar-refractivity contribution in [3.63, 3.8) is 0 Å². The van der Waals surface area contributed by atoms with E-state index in [4.69, 9.17) is 4.74 Å². The predicted octanol–water partition coefficient (Wildman–Crippen LogP) is 5.87. The molecule has 0 fully saturated rings. The first-order chi connectivity index (χ1) is 17.5. The van der Waals surface area contributed by atoms with Crippen molar-refractivity contribution in [3.05, 3.63) is 35.4 Å². The molecule has 3 atom stereocenters. The maximum absolute atomic E-state index is 14.1. The van der Waals surface area contributed by atoms with Gasteiger partial charge in [-0.05, 0) is 76.5 Å².